The molecule has 0 amide bonds. The van der Waals surface area contributed by atoms with Crippen molar-refractivity contribution in [2.45, 2.75) is 32.9 Å². The Morgan fingerprint density at radius 3 is 2.52 bits per heavy atom. The van der Waals surface area contributed by atoms with E-state index in [9.17, 15) is 0 Å². The van der Waals surface area contributed by atoms with Gasteiger partial charge in [-0.3, -0.25) is 0 Å². The number of rotatable bonds is 4. The van der Waals surface area contributed by atoms with Gasteiger partial charge in [0, 0.05) is 18.2 Å². The van der Waals surface area contributed by atoms with Crippen LogP contribution in [-0.4, -0.2) is 10.5 Å². The van der Waals surface area contributed by atoms with E-state index in [0.717, 1.165) is 5.69 Å². The number of nitrogens with zero attached hydrogens (tertiary/aromatic N) is 1. The van der Waals surface area contributed by atoms with Gasteiger partial charge in [0.05, 0.1) is 10.7 Å². The fraction of sp³-hybridized carbons (Fsp3) is 0.312. The van der Waals surface area contributed by atoms with Crippen LogP contribution >= 0.6 is 23.2 Å². The van der Waals surface area contributed by atoms with Gasteiger partial charge < -0.3 is 10.1 Å². The van der Waals surface area contributed by atoms with Crippen molar-refractivity contribution in [2.24, 2.45) is 0 Å². The predicted molar refractivity (Wildman–Crippen MR) is 87.4 cm³/mol. The van der Waals surface area contributed by atoms with E-state index in [0.29, 0.717) is 28.2 Å². The van der Waals surface area contributed by atoms with E-state index < -0.39 is 0 Å². The van der Waals surface area contributed by atoms with Crippen LogP contribution in [0.15, 0.2) is 36.4 Å². The summed E-state index contributed by atoms with van der Waals surface area (Å²) in [5.74, 6) is 0.991. The Kier molecular flexibility index (Phi) is 5.09. The van der Waals surface area contributed by atoms with E-state index in [-0.39, 0.29) is 5.54 Å². The van der Waals surface area contributed by atoms with Crippen LogP contribution in [0.25, 0.3) is 0 Å². The van der Waals surface area contributed by atoms with Crippen LogP contribution in [0.1, 0.15) is 26.5 Å². The first-order valence-corrected chi connectivity index (χ1v) is 7.43. The first kappa shape index (κ1) is 16.1. The van der Waals surface area contributed by atoms with Crippen LogP contribution in [0.3, 0.4) is 0 Å². The molecule has 112 valence electrons. The average Bonchev–Trinajstić information content (AvgIpc) is 2.41. The SMILES string of the molecule is CC(C)(C)NCc1cccc(Oc2cccc(Cl)c2Cl)n1. The lowest BCUT2D eigenvalue weighted by molar-refractivity contribution is 0.416. The second kappa shape index (κ2) is 6.65. The van der Waals surface area contributed by atoms with Crippen molar-refractivity contribution in [3.63, 3.8) is 0 Å². The molecule has 0 fully saturated rings. The van der Waals surface area contributed by atoms with Crippen molar-refractivity contribution >= 4 is 23.2 Å². The summed E-state index contributed by atoms with van der Waals surface area (Å²) in [7, 11) is 0. The lowest BCUT2D eigenvalue weighted by Gasteiger charge is -2.20. The van der Waals surface area contributed by atoms with E-state index in [2.05, 4.69) is 31.1 Å². The quantitative estimate of drug-likeness (QED) is 0.852. The Labute approximate surface area is 135 Å². The van der Waals surface area contributed by atoms with Gasteiger partial charge in [0.1, 0.15) is 10.8 Å². The maximum absolute atomic E-state index is 6.11. The monoisotopic (exact) mass is 324 g/mol. The van der Waals surface area contributed by atoms with Gasteiger partial charge in [-0.05, 0) is 39.0 Å². The third-order valence-electron chi connectivity index (χ3n) is 2.71. The normalized spacial score (nSPS) is 11.5. The first-order chi connectivity index (χ1) is 9.85. The number of hydrogen-bond donors (Lipinski definition) is 1. The molecular formula is C16H18Cl2N2O. The Morgan fingerprint density at radius 2 is 1.81 bits per heavy atom. The average molecular weight is 325 g/mol. The standard InChI is InChI=1S/C16H18Cl2N2O/c1-16(2,3)19-10-11-6-4-9-14(20-11)21-13-8-5-7-12(17)15(13)18/h4-9,19H,10H2,1-3H3. The topological polar surface area (TPSA) is 34.1 Å². The van der Waals surface area contributed by atoms with Crippen LogP contribution in [0.4, 0.5) is 0 Å². The third kappa shape index (κ3) is 4.88. The first-order valence-electron chi connectivity index (χ1n) is 6.68. The Morgan fingerprint density at radius 1 is 1.10 bits per heavy atom. The number of hydrogen-bond acceptors (Lipinski definition) is 3. The second-order valence-corrected chi connectivity index (χ2v) is 6.51. The minimum Gasteiger partial charge on any atom is -0.437 e. The minimum absolute atomic E-state index is 0.0365. The predicted octanol–water partition coefficient (Wildman–Crippen LogP) is 5.07. The number of benzene rings is 1. The Hall–Kier alpha value is -1.29. The van der Waals surface area contributed by atoms with E-state index >= 15 is 0 Å². The molecule has 1 N–H and O–H groups in total. The Bertz CT molecular complexity index is 624. The molecule has 0 radical (unpaired) electrons. The Balaban J connectivity index is 2.12. The number of ether oxygens (including phenoxy) is 1. The van der Waals surface area contributed by atoms with Crippen molar-refractivity contribution in [2.75, 3.05) is 0 Å². The molecule has 3 nitrogen and oxygen atoms in total. The molecule has 2 rings (SSSR count). The summed E-state index contributed by atoms with van der Waals surface area (Å²) in [4.78, 5) is 4.46. The zero-order chi connectivity index (χ0) is 15.5. The summed E-state index contributed by atoms with van der Waals surface area (Å²) >= 11 is 12.1. The van der Waals surface area contributed by atoms with Crippen molar-refractivity contribution in [3.05, 3.63) is 52.1 Å². The molecule has 21 heavy (non-hydrogen) atoms. The van der Waals surface area contributed by atoms with Gasteiger partial charge in [0.25, 0.3) is 0 Å². The second-order valence-electron chi connectivity index (χ2n) is 5.72. The summed E-state index contributed by atoms with van der Waals surface area (Å²) in [6, 6.07) is 10.9. The molecule has 2 aromatic rings. The van der Waals surface area contributed by atoms with Gasteiger partial charge >= 0.3 is 0 Å². The molecule has 1 aromatic carbocycles. The highest BCUT2D eigenvalue weighted by Crippen LogP contribution is 2.33. The van der Waals surface area contributed by atoms with Crippen molar-refractivity contribution in [3.8, 4) is 11.6 Å². The maximum atomic E-state index is 6.11. The molecule has 1 heterocycles. The van der Waals surface area contributed by atoms with Gasteiger partial charge in [-0.1, -0.05) is 35.3 Å². The van der Waals surface area contributed by atoms with Crippen LogP contribution < -0.4 is 10.1 Å². The molecule has 0 aliphatic heterocycles. The van der Waals surface area contributed by atoms with Gasteiger partial charge in [0.15, 0.2) is 0 Å². The summed E-state index contributed by atoms with van der Waals surface area (Å²) < 4.78 is 5.71. The minimum atomic E-state index is 0.0365. The zero-order valence-electron chi connectivity index (χ0n) is 12.3. The molecule has 0 aliphatic rings. The summed E-state index contributed by atoms with van der Waals surface area (Å²) in [5, 5.41) is 4.23. The van der Waals surface area contributed by atoms with E-state index in [1.807, 2.05) is 12.1 Å². The summed E-state index contributed by atoms with van der Waals surface area (Å²) in [6.07, 6.45) is 0. The lowest BCUT2D eigenvalue weighted by atomic mass is 10.1. The molecule has 0 saturated carbocycles. The van der Waals surface area contributed by atoms with Crippen LogP contribution in [0.5, 0.6) is 11.6 Å². The molecule has 1 aromatic heterocycles. The van der Waals surface area contributed by atoms with E-state index in [4.69, 9.17) is 27.9 Å². The van der Waals surface area contributed by atoms with Gasteiger partial charge in [-0.15, -0.1) is 0 Å². The fourth-order valence-electron chi connectivity index (χ4n) is 1.64. The molecule has 5 heteroatoms. The van der Waals surface area contributed by atoms with Crippen molar-refractivity contribution < 1.29 is 4.74 Å². The largest absolute Gasteiger partial charge is 0.437 e. The highest BCUT2D eigenvalue weighted by molar-refractivity contribution is 6.42. The van der Waals surface area contributed by atoms with Crippen LogP contribution in [0, 0.1) is 0 Å². The van der Waals surface area contributed by atoms with E-state index in [1.165, 1.54) is 0 Å². The van der Waals surface area contributed by atoms with E-state index in [1.54, 1.807) is 24.3 Å². The highest BCUT2D eigenvalue weighted by atomic mass is 35.5. The molecule has 0 bridgehead atoms. The molecule has 0 spiro atoms. The molecule has 0 unspecified atom stereocenters. The number of halogens is 2. The van der Waals surface area contributed by atoms with Crippen molar-refractivity contribution in [1.29, 1.82) is 0 Å². The molecular weight excluding hydrogens is 307 g/mol. The molecule has 0 aliphatic carbocycles. The highest BCUT2D eigenvalue weighted by Gasteiger charge is 2.10. The van der Waals surface area contributed by atoms with Gasteiger partial charge in [-0.2, -0.15) is 0 Å². The summed E-state index contributed by atoms with van der Waals surface area (Å²) in [6.45, 7) is 7.00. The number of pyridine rings is 1. The number of nitrogens with one attached hydrogen (secondary N) is 1. The van der Waals surface area contributed by atoms with Crippen molar-refractivity contribution in [1.82, 2.24) is 10.3 Å². The van der Waals surface area contributed by atoms with Gasteiger partial charge in [-0.25, -0.2) is 4.98 Å². The molecule has 0 atom stereocenters. The number of aromatic nitrogens is 1. The van der Waals surface area contributed by atoms with Crippen LogP contribution in [0.2, 0.25) is 10.0 Å². The summed E-state index contributed by atoms with van der Waals surface area (Å²) in [5.41, 5.74) is 0.940. The maximum Gasteiger partial charge on any atom is 0.219 e. The third-order valence-corrected chi connectivity index (χ3v) is 3.51. The molecule has 0 saturated heterocycles. The van der Waals surface area contributed by atoms with Gasteiger partial charge in [0.2, 0.25) is 5.88 Å². The smallest absolute Gasteiger partial charge is 0.219 e. The lowest BCUT2D eigenvalue weighted by Crippen LogP contribution is -2.35. The zero-order valence-corrected chi connectivity index (χ0v) is 13.8. The van der Waals surface area contributed by atoms with Crippen LogP contribution in [-0.2, 0) is 6.54 Å². The fourth-order valence-corrected chi connectivity index (χ4v) is 1.97.